The van der Waals surface area contributed by atoms with E-state index in [2.05, 4.69) is 32.1 Å². The summed E-state index contributed by atoms with van der Waals surface area (Å²) in [5, 5.41) is 0. The fraction of sp³-hybridized carbons (Fsp3) is 0.636. The Balaban J connectivity index is 2.49. The molecule has 0 radical (unpaired) electrons. The van der Waals surface area contributed by atoms with E-state index < -0.39 is 16.8 Å². The summed E-state index contributed by atoms with van der Waals surface area (Å²) in [7, 11) is 1.47. The van der Waals surface area contributed by atoms with Gasteiger partial charge in [0, 0.05) is 39.0 Å². The minimum absolute atomic E-state index is 0.309. The number of allylic oxidation sites excluding steroid dienone is 2. The van der Waals surface area contributed by atoms with Crippen LogP contribution in [0.4, 0.5) is 0 Å². The van der Waals surface area contributed by atoms with Gasteiger partial charge in [-0.25, -0.2) is 0 Å². The highest BCUT2D eigenvalue weighted by molar-refractivity contribution is 7.47. The predicted molar refractivity (Wildman–Crippen MR) is 121 cm³/mol. The van der Waals surface area contributed by atoms with E-state index in [4.69, 9.17) is 18.1 Å². The lowest BCUT2D eigenvalue weighted by atomic mass is 9.84. The first kappa shape index (κ1) is 23.6. The number of hydrogen-bond donors (Lipinski definition) is 0. The molecule has 0 aromatic heterocycles. The minimum Gasteiger partial charge on any atom is -0.447 e. The highest BCUT2D eigenvalue weighted by atomic mass is 31.2. The van der Waals surface area contributed by atoms with Crippen LogP contribution in [0.3, 0.4) is 0 Å². The second-order valence-corrected chi connectivity index (χ2v) is 10.3. The molecule has 1 aromatic rings. The molecule has 0 saturated heterocycles. The number of rotatable bonds is 11. The van der Waals surface area contributed by atoms with Crippen LogP contribution >= 0.6 is 16.8 Å². The van der Waals surface area contributed by atoms with Crippen molar-refractivity contribution in [2.45, 2.75) is 64.7 Å². The summed E-state index contributed by atoms with van der Waals surface area (Å²) in [5.41, 5.74) is 3.85. The average molecular weight is 426 g/mol. The fourth-order valence-electron chi connectivity index (χ4n) is 3.59. The third-order valence-corrected chi connectivity index (χ3v) is 7.08. The van der Waals surface area contributed by atoms with Crippen molar-refractivity contribution in [1.82, 2.24) is 0 Å². The van der Waals surface area contributed by atoms with Gasteiger partial charge >= 0.3 is 0 Å². The molecule has 28 heavy (non-hydrogen) atoms. The maximum Gasteiger partial charge on any atom is 0.226 e. The van der Waals surface area contributed by atoms with Gasteiger partial charge in [0.05, 0.1) is 0 Å². The van der Waals surface area contributed by atoms with Crippen molar-refractivity contribution in [1.29, 1.82) is 0 Å². The zero-order chi connectivity index (χ0) is 20.5. The van der Waals surface area contributed by atoms with Gasteiger partial charge in [0.2, 0.25) is 16.8 Å². The molecule has 0 bridgehead atoms. The molecule has 3 unspecified atom stereocenters. The first-order valence-corrected chi connectivity index (χ1v) is 13.5. The maximum atomic E-state index is 6.29. The average Bonchev–Trinajstić information content (AvgIpc) is 2.67. The first-order chi connectivity index (χ1) is 13.5. The van der Waals surface area contributed by atoms with Crippen molar-refractivity contribution in [3.63, 3.8) is 0 Å². The van der Waals surface area contributed by atoms with Crippen LogP contribution in [0.1, 0.15) is 69.4 Å². The Labute approximate surface area is 173 Å². The van der Waals surface area contributed by atoms with E-state index in [-0.39, 0.29) is 0 Å². The fourth-order valence-corrected chi connectivity index (χ4v) is 4.59. The van der Waals surface area contributed by atoms with Gasteiger partial charge in [0.15, 0.2) is 0 Å². The summed E-state index contributed by atoms with van der Waals surface area (Å²) >= 11 is 0. The van der Waals surface area contributed by atoms with Crippen molar-refractivity contribution < 1.29 is 18.1 Å². The molecule has 3 atom stereocenters. The summed E-state index contributed by atoms with van der Waals surface area (Å²) in [6.07, 6.45) is 10.5. The highest BCUT2D eigenvalue weighted by Gasteiger charge is 2.25. The maximum absolute atomic E-state index is 6.29. The van der Waals surface area contributed by atoms with Crippen LogP contribution in [0.15, 0.2) is 23.8 Å². The van der Waals surface area contributed by atoms with Crippen LogP contribution in [-0.4, -0.2) is 27.5 Å². The largest absolute Gasteiger partial charge is 0.447 e. The smallest absolute Gasteiger partial charge is 0.226 e. The van der Waals surface area contributed by atoms with Gasteiger partial charge in [-0.2, -0.15) is 0 Å². The Morgan fingerprint density at radius 1 is 1.00 bits per heavy atom. The molecule has 0 fully saturated rings. The molecule has 1 aliphatic rings. The highest BCUT2D eigenvalue weighted by Crippen LogP contribution is 2.49. The second kappa shape index (κ2) is 12.1. The monoisotopic (exact) mass is 426 g/mol. The Morgan fingerprint density at radius 3 is 2.11 bits per heavy atom. The molecule has 2 rings (SSSR count). The number of unbranched alkanes of at least 4 members (excludes halogenated alkanes) is 2. The molecule has 0 N–H and O–H groups in total. The molecule has 0 spiro atoms. The summed E-state index contributed by atoms with van der Waals surface area (Å²) in [4.78, 5) is 0. The van der Waals surface area contributed by atoms with Crippen LogP contribution < -0.4 is 9.05 Å². The lowest BCUT2D eigenvalue weighted by molar-refractivity contribution is 0.390. The van der Waals surface area contributed by atoms with E-state index in [0.717, 1.165) is 29.9 Å². The molecule has 0 heterocycles. The quantitative estimate of drug-likeness (QED) is 0.208. The molecule has 158 valence electrons. The van der Waals surface area contributed by atoms with Crippen LogP contribution in [-0.2, 0) is 15.5 Å². The first-order valence-electron chi connectivity index (χ1n) is 10.2. The molecule has 0 aliphatic heterocycles. The van der Waals surface area contributed by atoms with Crippen molar-refractivity contribution >= 4 is 16.8 Å². The Hall–Kier alpha value is -0.660. The predicted octanol–water partition coefficient (Wildman–Crippen LogP) is 7.57. The number of hydrogen-bond acceptors (Lipinski definition) is 4. The van der Waals surface area contributed by atoms with Gasteiger partial charge in [0.1, 0.15) is 11.5 Å². The summed E-state index contributed by atoms with van der Waals surface area (Å²) in [6, 6.07) is 4.41. The SMILES string of the molecule is CCCCCc1cc(OP(C)OC)c(C2C=C(C)CCC2)c(OP(C)OC)c1. The van der Waals surface area contributed by atoms with Gasteiger partial charge < -0.3 is 18.1 Å². The number of benzene rings is 1. The van der Waals surface area contributed by atoms with E-state index in [1.165, 1.54) is 43.2 Å². The molecule has 1 aromatic carbocycles. The Morgan fingerprint density at radius 2 is 1.61 bits per heavy atom. The number of aryl methyl sites for hydroxylation is 1. The third kappa shape index (κ3) is 6.99. The van der Waals surface area contributed by atoms with Gasteiger partial charge in [-0.05, 0) is 56.7 Å². The molecule has 0 saturated carbocycles. The standard InChI is InChI=1S/C22H36O4P2/c1-7-8-9-12-18-15-20(25-27(5)23-3)22(19-13-10-11-17(2)14-19)21(16-18)26-28(6)24-4/h14-16,19H,7-13H2,1-6H3. The van der Waals surface area contributed by atoms with Crippen molar-refractivity contribution in [3.8, 4) is 11.5 Å². The van der Waals surface area contributed by atoms with Crippen LogP contribution in [0.25, 0.3) is 0 Å². The van der Waals surface area contributed by atoms with Gasteiger partial charge in [0.25, 0.3) is 0 Å². The van der Waals surface area contributed by atoms with E-state index in [1.807, 2.05) is 13.3 Å². The van der Waals surface area contributed by atoms with E-state index in [1.54, 1.807) is 14.2 Å². The molecule has 0 amide bonds. The lowest BCUT2D eigenvalue weighted by Gasteiger charge is -2.27. The van der Waals surface area contributed by atoms with Gasteiger partial charge in [-0.15, -0.1) is 0 Å². The van der Waals surface area contributed by atoms with Gasteiger partial charge in [-0.3, -0.25) is 0 Å². The second-order valence-electron chi connectivity index (χ2n) is 7.40. The van der Waals surface area contributed by atoms with Crippen LogP contribution in [0.5, 0.6) is 11.5 Å². The molecule has 1 aliphatic carbocycles. The normalized spacial score (nSPS) is 19.1. The molecule has 6 heteroatoms. The summed E-state index contributed by atoms with van der Waals surface area (Å²) < 4.78 is 23.5. The van der Waals surface area contributed by atoms with Crippen LogP contribution in [0, 0.1) is 0 Å². The Kier molecular flexibility index (Phi) is 10.2. The van der Waals surface area contributed by atoms with E-state index in [9.17, 15) is 0 Å². The van der Waals surface area contributed by atoms with Crippen LogP contribution in [0.2, 0.25) is 0 Å². The lowest BCUT2D eigenvalue weighted by Crippen LogP contribution is -2.07. The third-order valence-electron chi connectivity index (χ3n) is 5.14. The summed E-state index contributed by atoms with van der Waals surface area (Å²) in [5.74, 6) is 2.13. The van der Waals surface area contributed by atoms with Crippen molar-refractivity contribution in [3.05, 3.63) is 34.9 Å². The minimum atomic E-state index is -0.970. The van der Waals surface area contributed by atoms with E-state index in [0.29, 0.717) is 5.92 Å². The van der Waals surface area contributed by atoms with Crippen molar-refractivity contribution in [2.24, 2.45) is 0 Å². The summed E-state index contributed by atoms with van der Waals surface area (Å²) in [6.45, 7) is 8.44. The van der Waals surface area contributed by atoms with Gasteiger partial charge in [-0.1, -0.05) is 31.4 Å². The van der Waals surface area contributed by atoms with Crippen molar-refractivity contribution in [2.75, 3.05) is 27.5 Å². The molecular weight excluding hydrogens is 390 g/mol. The van der Waals surface area contributed by atoms with E-state index >= 15 is 0 Å². The topological polar surface area (TPSA) is 36.9 Å². The molecular formula is C22H36O4P2. The zero-order valence-corrected chi connectivity index (χ0v) is 20.1. The zero-order valence-electron chi connectivity index (χ0n) is 18.3. The Bertz CT molecular complexity index is 614. The molecule has 4 nitrogen and oxygen atoms in total.